The van der Waals surface area contributed by atoms with Gasteiger partial charge in [-0.05, 0) is 67.1 Å². The molecule has 0 N–H and O–H groups in total. The van der Waals surface area contributed by atoms with Gasteiger partial charge in [-0.2, -0.15) is 4.31 Å². The highest BCUT2D eigenvalue weighted by Gasteiger charge is 2.29. The molecule has 0 atom stereocenters. The number of hydrogen-bond donors (Lipinski definition) is 0. The molecule has 1 aliphatic heterocycles. The first kappa shape index (κ1) is 27.9. The van der Waals surface area contributed by atoms with Crippen LogP contribution in [-0.2, 0) is 32.6 Å². The summed E-state index contributed by atoms with van der Waals surface area (Å²) in [5.74, 6) is -0.860. The van der Waals surface area contributed by atoms with Gasteiger partial charge in [0.25, 0.3) is 0 Å². The van der Waals surface area contributed by atoms with Crippen LogP contribution in [0.1, 0.15) is 17.7 Å². The molecule has 1 amide bonds. The maximum atomic E-state index is 13.6. The summed E-state index contributed by atoms with van der Waals surface area (Å²) < 4.78 is 65.9. The van der Waals surface area contributed by atoms with Gasteiger partial charge in [0.15, 0.2) is 0 Å². The van der Waals surface area contributed by atoms with Crippen LogP contribution in [0, 0.1) is 11.6 Å². The summed E-state index contributed by atoms with van der Waals surface area (Å²) in [7, 11) is -4.09. The van der Waals surface area contributed by atoms with Crippen molar-refractivity contribution >= 4 is 15.9 Å². The van der Waals surface area contributed by atoms with E-state index in [0.717, 1.165) is 29.5 Å². The lowest BCUT2D eigenvalue weighted by molar-refractivity contribution is -0.133. The van der Waals surface area contributed by atoms with Crippen LogP contribution < -0.4 is 0 Å². The van der Waals surface area contributed by atoms with Gasteiger partial charge in [-0.25, -0.2) is 17.2 Å². The Balaban J connectivity index is 1.53. The van der Waals surface area contributed by atoms with E-state index in [2.05, 4.69) is 4.90 Å². The van der Waals surface area contributed by atoms with E-state index in [9.17, 15) is 22.0 Å². The fourth-order valence-electron chi connectivity index (χ4n) is 4.22. The molecule has 3 aromatic rings. The molecule has 1 fully saturated rings. The molecule has 1 aromatic heterocycles. The van der Waals surface area contributed by atoms with E-state index in [1.165, 1.54) is 35.4 Å². The van der Waals surface area contributed by atoms with Crippen molar-refractivity contribution in [3.8, 4) is 0 Å². The number of amides is 1. The van der Waals surface area contributed by atoms with Crippen LogP contribution in [-0.4, -0.2) is 74.4 Å². The van der Waals surface area contributed by atoms with E-state index in [-0.39, 0.29) is 24.5 Å². The lowest BCUT2D eigenvalue weighted by Gasteiger charge is -2.29. The lowest BCUT2D eigenvalue weighted by atomic mass is 10.2. The molecule has 4 rings (SSSR count). The van der Waals surface area contributed by atoms with Crippen molar-refractivity contribution in [2.45, 2.75) is 24.4 Å². The van der Waals surface area contributed by atoms with Gasteiger partial charge in [0.2, 0.25) is 15.9 Å². The first-order valence-electron chi connectivity index (χ1n) is 12.4. The normalized spacial score (nSPS) is 14.6. The van der Waals surface area contributed by atoms with Crippen molar-refractivity contribution in [1.82, 2.24) is 14.1 Å². The molecule has 204 valence electrons. The van der Waals surface area contributed by atoms with Gasteiger partial charge in [-0.1, -0.05) is 12.1 Å². The van der Waals surface area contributed by atoms with Gasteiger partial charge < -0.3 is 14.1 Å². The fraction of sp³-hybridized carbons (Fsp3) is 0.370. The molecule has 0 unspecified atom stereocenters. The molecule has 8 nitrogen and oxygen atoms in total. The second-order valence-electron chi connectivity index (χ2n) is 9.06. The van der Waals surface area contributed by atoms with Crippen molar-refractivity contribution in [3.05, 3.63) is 89.9 Å². The summed E-state index contributed by atoms with van der Waals surface area (Å²) in [6.07, 6.45) is 2.00. The Morgan fingerprint density at radius 1 is 0.921 bits per heavy atom. The third-order valence-electron chi connectivity index (χ3n) is 6.31. The molecule has 1 saturated heterocycles. The van der Waals surface area contributed by atoms with Gasteiger partial charge in [0.05, 0.1) is 37.5 Å². The molecule has 2 heterocycles. The first-order chi connectivity index (χ1) is 18.3. The Labute approximate surface area is 221 Å². The van der Waals surface area contributed by atoms with Gasteiger partial charge in [-0.3, -0.25) is 9.69 Å². The molecule has 1 aliphatic rings. The molecular weight excluding hydrogens is 516 g/mol. The summed E-state index contributed by atoms with van der Waals surface area (Å²) in [5, 5.41) is 0. The summed E-state index contributed by atoms with van der Waals surface area (Å²) in [6.45, 7) is 3.37. The molecule has 11 heteroatoms. The van der Waals surface area contributed by atoms with Crippen LogP contribution in [0.4, 0.5) is 8.78 Å². The van der Waals surface area contributed by atoms with E-state index >= 15 is 0 Å². The largest absolute Gasteiger partial charge is 0.467 e. The number of nitrogens with zero attached hydrogens (tertiary/aromatic N) is 3. The quantitative estimate of drug-likeness (QED) is 0.345. The molecular formula is C27H31F2N3O5S. The number of sulfonamides is 1. The van der Waals surface area contributed by atoms with Crippen LogP contribution in [0.25, 0.3) is 0 Å². The van der Waals surface area contributed by atoms with Crippen molar-refractivity contribution in [3.63, 3.8) is 0 Å². The Kier molecular flexibility index (Phi) is 9.62. The number of carbonyl (C=O) groups is 1. The zero-order valence-corrected chi connectivity index (χ0v) is 21.8. The zero-order valence-electron chi connectivity index (χ0n) is 21.0. The summed E-state index contributed by atoms with van der Waals surface area (Å²) >= 11 is 0. The molecule has 0 bridgehead atoms. The van der Waals surface area contributed by atoms with Gasteiger partial charge in [0.1, 0.15) is 17.4 Å². The maximum Gasteiger partial charge on any atom is 0.243 e. The average Bonchev–Trinajstić information content (AvgIpc) is 3.43. The number of halogens is 2. The summed E-state index contributed by atoms with van der Waals surface area (Å²) in [4.78, 5) is 17.1. The standard InChI is InChI=1S/C27H31F2N3O5S/c28-23-6-4-22(5-7-23)19-31(20-25-3-1-16-37-25)27(33)21-32(13-2-12-30-14-17-36-18-15-30)38(34,35)26-10-8-24(29)9-11-26/h1,3-11,16H,2,12-15,17-21H2. The van der Waals surface area contributed by atoms with Crippen molar-refractivity contribution in [2.75, 3.05) is 45.9 Å². The Bertz CT molecular complexity index is 1260. The minimum atomic E-state index is -4.09. The average molecular weight is 548 g/mol. The summed E-state index contributed by atoms with van der Waals surface area (Å²) in [5.41, 5.74) is 0.687. The van der Waals surface area contributed by atoms with Crippen LogP contribution in [0.2, 0.25) is 0 Å². The molecule has 0 saturated carbocycles. The fourth-order valence-corrected chi connectivity index (χ4v) is 5.65. The highest BCUT2D eigenvalue weighted by molar-refractivity contribution is 7.89. The maximum absolute atomic E-state index is 13.6. The van der Waals surface area contributed by atoms with Crippen LogP contribution in [0.3, 0.4) is 0 Å². The highest BCUT2D eigenvalue weighted by atomic mass is 32.2. The van der Waals surface area contributed by atoms with E-state index in [1.807, 2.05) is 0 Å². The lowest BCUT2D eigenvalue weighted by Crippen LogP contribution is -2.44. The van der Waals surface area contributed by atoms with Crippen molar-refractivity contribution in [1.29, 1.82) is 0 Å². The van der Waals surface area contributed by atoms with Crippen molar-refractivity contribution < 1.29 is 31.1 Å². The number of benzene rings is 2. The SMILES string of the molecule is O=C(CN(CCCN1CCOCC1)S(=O)(=O)c1ccc(F)cc1)N(Cc1ccc(F)cc1)Cc1ccco1. The van der Waals surface area contributed by atoms with Gasteiger partial charge >= 0.3 is 0 Å². The number of carbonyl (C=O) groups excluding carboxylic acids is 1. The van der Waals surface area contributed by atoms with Crippen LogP contribution in [0.5, 0.6) is 0 Å². The third-order valence-corrected chi connectivity index (χ3v) is 8.17. The number of rotatable bonds is 12. The van der Waals surface area contributed by atoms with E-state index in [0.29, 0.717) is 37.5 Å². The highest BCUT2D eigenvalue weighted by Crippen LogP contribution is 2.19. The molecule has 2 aromatic carbocycles. The minimum absolute atomic E-state index is 0.0887. The Hall–Kier alpha value is -3.12. The number of furan rings is 1. The second-order valence-corrected chi connectivity index (χ2v) is 11.0. The van der Waals surface area contributed by atoms with Crippen LogP contribution >= 0.6 is 0 Å². The first-order valence-corrected chi connectivity index (χ1v) is 13.9. The van der Waals surface area contributed by atoms with Gasteiger partial charge in [0, 0.05) is 26.2 Å². The van der Waals surface area contributed by atoms with Gasteiger partial charge in [-0.15, -0.1) is 0 Å². The smallest absolute Gasteiger partial charge is 0.243 e. The van der Waals surface area contributed by atoms with Crippen molar-refractivity contribution in [2.24, 2.45) is 0 Å². The van der Waals surface area contributed by atoms with Crippen LogP contribution in [0.15, 0.2) is 76.2 Å². The summed E-state index contributed by atoms with van der Waals surface area (Å²) in [6, 6.07) is 13.8. The number of ether oxygens (including phenoxy) is 1. The monoisotopic (exact) mass is 547 g/mol. The molecule has 0 radical (unpaired) electrons. The Morgan fingerprint density at radius 3 is 2.21 bits per heavy atom. The molecule has 38 heavy (non-hydrogen) atoms. The topological polar surface area (TPSA) is 83.3 Å². The predicted octanol–water partition coefficient (Wildman–Crippen LogP) is 3.50. The van der Waals surface area contributed by atoms with E-state index in [4.69, 9.17) is 9.15 Å². The van der Waals surface area contributed by atoms with E-state index < -0.39 is 34.1 Å². The number of morpholine rings is 1. The second kappa shape index (κ2) is 13.1. The Morgan fingerprint density at radius 2 is 1.58 bits per heavy atom. The predicted molar refractivity (Wildman–Crippen MR) is 136 cm³/mol. The zero-order chi connectivity index (χ0) is 27.0. The molecule has 0 aliphatic carbocycles. The van der Waals surface area contributed by atoms with E-state index in [1.54, 1.807) is 24.3 Å². The third kappa shape index (κ3) is 7.70. The molecule has 0 spiro atoms. The number of hydrogen-bond acceptors (Lipinski definition) is 6. The minimum Gasteiger partial charge on any atom is -0.467 e.